The van der Waals surface area contributed by atoms with E-state index in [-0.39, 0.29) is 5.60 Å². The molecule has 0 rings (SSSR count). The van der Waals surface area contributed by atoms with E-state index in [1.807, 2.05) is 20.8 Å². The van der Waals surface area contributed by atoms with E-state index in [0.717, 1.165) is 37.8 Å². The molecule has 6 nitrogen and oxygen atoms in total. The van der Waals surface area contributed by atoms with Crippen LogP contribution in [0.1, 0.15) is 85.0 Å². The second-order valence-corrected chi connectivity index (χ2v) is 7.39. The molecule has 0 bridgehead atoms. The van der Waals surface area contributed by atoms with E-state index < -0.39 is 11.9 Å². The minimum atomic E-state index is -1.15. The van der Waals surface area contributed by atoms with Crippen LogP contribution in [0.3, 0.4) is 0 Å². The predicted octanol–water partition coefficient (Wildman–Crippen LogP) is 4.82. The summed E-state index contributed by atoms with van der Waals surface area (Å²) in [4.78, 5) is 31.7. The number of unbranched alkanes of at least 4 members (excludes halogenated alkanes) is 9. The van der Waals surface area contributed by atoms with E-state index in [2.05, 4.69) is 0 Å². The van der Waals surface area contributed by atoms with Crippen molar-refractivity contribution in [1.29, 1.82) is 0 Å². The number of carbonyl (C=O) groups is 2. The molecule has 0 aliphatic rings. The third-order valence-corrected chi connectivity index (χ3v) is 3.54. The Balaban J connectivity index is 3.20. The number of rotatable bonds is 16. The van der Waals surface area contributed by atoms with Crippen LogP contribution in [0.2, 0.25) is 0 Å². The maximum absolute atomic E-state index is 11.1. The smallest absolute Gasteiger partial charge is 0.331 e. The molecule has 1 N–H and O–H groups in total. The van der Waals surface area contributed by atoms with Crippen LogP contribution in [-0.2, 0) is 24.1 Å². The average molecular weight is 373 g/mol. The van der Waals surface area contributed by atoms with Crippen LogP contribution in [0.25, 0.3) is 0 Å². The van der Waals surface area contributed by atoms with Gasteiger partial charge >= 0.3 is 11.9 Å². The number of ether oxygens (including phenoxy) is 1. The number of carbonyl (C=O) groups excluding carboxylic acids is 1. The first-order valence-corrected chi connectivity index (χ1v) is 9.69. The van der Waals surface area contributed by atoms with Gasteiger partial charge in [0.15, 0.2) is 0 Å². The highest BCUT2D eigenvalue weighted by molar-refractivity contribution is 5.90. The number of carboxylic acid groups (broad SMARTS) is 1. The third-order valence-electron chi connectivity index (χ3n) is 3.54. The summed E-state index contributed by atoms with van der Waals surface area (Å²) in [7, 11) is 0. The first-order valence-electron chi connectivity index (χ1n) is 9.69. The quantitative estimate of drug-likeness (QED) is 0.138. The minimum absolute atomic E-state index is 0.237. The van der Waals surface area contributed by atoms with Gasteiger partial charge in [-0.3, -0.25) is 0 Å². The second kappa shape index (κ2) is 15.8. The largest absolute Gasteiger partial charge is 0.478 e. The molecule has 0 heterocycles. The van der Waals surface area contributed by atoms with E-state index in [4.69, 9.17) is 19.6 Å². The highest BCUT2D eigenvalue weighted by atomic mass is 17.2. The van der Waals surface area contributed by atoms with Crippen molar-refractivity contribution in [3.63, 3.8) is 0 Å². The van der Waals surface area contributed by atoms with Gasteiger partial charge in [-0.15, -0.1) is 0 Å². The molecule has 0 amide bonds. The lowest BCUT2D eigenvalue weighted by atomic mass is 10.1. The molecule has 0 fully saturated rings. The summed E-state index contributed by atoms with van der Waals surface area (Å²) in [6.45, 7) is 6.93. The zero-order valence-corrected chi connectivity index (χ0v) is 16.6. The molecule has 0 aromatic carbocycles. The maximum Gasteiger partial charge on any atom is 0.331 e. The third kappa shape index (κ3) is 20.6. The van der Waals surface area contributed by atoms with Gasteiger partial charge in [0, 0.05) is 12.2 Å². The van der Waals surface area contributed by atoms with Gasteiger partial charge in [0.25, 0.3) is 0 Å². The SMILES string of the molecule is CC(C)(C)OOCCCCCCCCCCCCOC(=O)/C=C/C(=O)O. The summed E-state index contributed by atoms with van der Waals surface area (Å²) in [6.07, 6.45) is 13.1. The topological polar surface area (TPSA) is 82.1 Å². The number of carboxylic acids is 1. The van der Waals surface area contributed by atoms with Gasteiger partial charge in [0.05, 0.1) is 18.8 Å². The van der Waals surface area contributed by atoms with Gasteiger partial charge in [-0.25, -0.2) is 19.4 Å². The molecule has 0 atom stereocenters. The minimum Gasteiger partial charge on any atom is -0.478 e. The van der Waals surface area contributed by atoms with Gasteiger partial charge in [-0.1, -0.05) is 51.4 Å². The molecular formula is C20H36O6. The second-order valence-electron chi connectivity index (χ2n) is 7.39. The van der Waals surface area contributed by atoms with Gasteiger partial charge < -0.3 is 9.84 Å². The molecule has 0 spiro atoms. The van der Waals surface area contributed by atoms with Gasteiger partial charge in [0.1, 0.15) is 0 Å². The van der Waals surface area contributed by atoms with Crippen LogP contribution < -0.4 is 0 Å². The molecule has 0 saturated carbocycles. The van der Waals surface area contributed by atoms with Crippen molar-refractivity contribution >= 4 is 11.9 Å². The first-order chi connectivity index (χ1) is 12.3. The molecule has 0 aromatic heterocycles. The molecule has 6 heteroatoms. The summed E-state index contributed by atoms with van der Waals surface area (Å²) >= 11 is 0. The summed E-state index contributed by atoms with van der Waals surface area (Å²) in [5, 5.41) is 8.38. The van der Waals surface area contributed by atoms with E-state index in [9.17, 15) is 9.59 Å². The summed E-state index contributed by atoms with van der Waals surface area (Å²) < 4.78 is 4.90. The van der Waals surface area contributed by atoms with E-state index in [0.29, 0.717) is 13.2 Å². The van der Waals surface area contributed by atoms with Crippen LogP contribution in [0.15, 0.2) is 12.2 Å². The summed E-state index contributed by atoms with van der Waals surface area (Å²) in [5.74, 6) is -1.74. The Bertz CT molecular complexity index is 398. The van der Waals surface area contributed by atoms with Gasteiger partial charge in [-0.05, 0) is 33.6 Å². The molecule has 152 valence electrons. The van der Waals surface area contributed by atoms with Crippen LogP contribution in [0.4, 0.5) is 0 Å². The predicted molar refractivity (Wildman–Crippen MR) is 101 cm³/mol. The molecule has 0 saturated heterocycles. The van der Waals surface area contributed by atoms with Crippen LogP contribution >= 0.6 is 0 Å². The maximum atomic E-state index is 11.1. The Morgan fingerprint density at radius 3 is 1.69 bits per heavy atom. The van der Waals surface area contributed by atoms with Crippen LogP contribution in [0.5, 0.6) is 0 Å². The van der Waals surface area contributed by atoms with Crippen molar-refractivity contribution < 1.29 is 29.2 Å². The zero-order chi connectivity index (χ0) is 19.7. The van der Waals surface area contributed by atoms with Crippen LogP contribution in [0, 0.1) is 0 Å². The summed E-state index contributed by atoms with van der Waals surface area (Å²) in [5.41, 5.74) is -0.237. The Morgan fingerprint density at radius 1 is 0.769 bits per heavy atom. The molecule has 0 aromatic rings. The van der Waals surface area contributed by atoms with Crippen molar-refractivity contribution in [2.75, 3.05) is 13.2 Å². The molecular weight excluding hydrogens is 336 g/mol. The first kappa shape index (κ1) is 24.6. The molecule has 0 aliphatic carbocycles. The lowest BCUT2D eigenvalue weighted by Crippen LogP contribution is -2.19. The normalized spacial score (nSPS) is 11.8. The zero-order valence-electron chi connectivity index (χ0n) is 16.6. The lowest BCUT2D eigenvalue weighted by molar-refractivity contribution is -0.348. The van der Waals surface area contributed by atoms with Crippen molar-refractivity contribution in [3.05, 3.63) is 12.2 Å². The Labute approximate surface area is 157 Å². The number of aliphatic carboxylic acids is 1. The standard InChI is InChI=1S/C20H36O6/c1-20(2,3)26-25-17-13-11-9-7-5-4-6-8-10-12-16-24-19(23)15-14-18(21)22/h14-15H,4-13,16-17H2,1-3H3,(H,21,22)/b15-14+. The van der Waals surface area contributed by atoms with E-state index in [1.165, 1.54) is 38.5 Å². The van der Waals surface area contributed by atoms with Gasteiger partial charge in [0.2, 0.25) is 0 Å². The molecule has 26 heavy (non-hydrogen) atoms. The van der Waals surface area contributed by atoms with Crippen molar-refractivity contribution in [1.82, 2.24) is 0 Å². The Kier molecular flexibility index (Phi) is 15.0. The highest BCUT2D eigenvalue weighted by Crippen LogP contribution is 2.12. The fraction of sp³-hybridized carbons (Fsp3) is 0.800. The fourth-order valence-corrected chi connectivity index (χ4v) is 2.26. The number of hydrogen-bond acceptors (Lipinski definition) is 5. The number of esters is 1. The van der Waals surface area contributed by atoms with Crippen LogP contribution in [-0.4, -0.2) is 35.9 Å². The Morgan fingerprint density at radius 2 is 1.23 bits per heavy atom. The van der Waals surface area contributed by atoms with Crippen molar-refractivity contribution in [3.8, 4) is 0 Å². The molecule has 0 aliphatic heterocycles. The van der Waals surface area contributed by atoms with Gasteiger partial charge in [-0.2, -0.15) is 0 Å². The molecule has 0 radical (unpaired) electrons. The lowest BCUT2D eigenvalue weighted by Gasteiger charge is -2.17. The molecule has 0 unspecified atom stereocenters. The van der Waals surface area contributed by atoms with E-state index >= 15 is 0 Å². The summed E-state index contributed by atoms with van der Waals surface area (Å²) in [6, 6.07) is 0. The van der Waals surface area contributed by atoms with Crippen molar-refractivity contribution in [2.45, 2.75) is 90.6 Å². The van der Waals surface area contributed by atoms with E-state index in [1.54, 1.807) is 0 Å². The Hall–Kier alpha value is -1.40. The highest BCUT2D eigenvalue weighted by Gasteiger charge is 2.10. The monoisotopic (exact) mass is 372 g/mol. The number of hydrogen-bond donors (Lipinski definition) is 1. The van der Waals surface area contributed by atoms with Crippen molar-refractivity contribution in [2.24, 2.45) is 0 Å². The fourth-order valence-electron chi connectivity index (χ4n) is 2.26. The average Bonchev–Trinajstić information content (AvgIpc) is 2.55.